The van der Waals surface area contributed by atoms with Gasteiger partial charge in [-0.15, -0.1) is 0 Å². The molecule has 230 valence electrons. The SMILES string of the molecule is CCOC(=O)[C@]1(C#N)[C@@H](c2ccc(Cl)cc2Cl)C[C@](O)(c2ccc(Br)cc2)[C@H](C(=O)c2ccc(Br)cc2)[C@@H]1c1ccc(Cl)cc1. The lowest BCUT2D eigenvalue weighted by molar-refractivity contribution is -0.164. The molecule has 0 aliphatic heterocycles. The summed E-state index contributed by atoms with van der Waals surface area (Å²) in [5.74, 6) is -4.84. The zero-order valence-corrected chi connectivity index (χ0v) is 29.3. The third-order valence-corrected chi connectivity index (χ3v) is 10.4. The maximum Gasteiger partial charge on any atom is 0.327 e. The normalized spacial score (nSPS) is 24.4. The molecule has 0 radical (unpaired) electrons. The predicted molar refractivity (Wildman–Crippen MR) is 183 cm³/mol. The van der Waals surface area contributed by atoms with Gasteiger partial charge in [0.05, 0.1) is 18.6 Å². The fourth-order valence-electron chi connectivity index (χ4n) is 6.53. The molecule has 0 unspecified atom stereocenters. The van der Waals surface area contributed by atoms with Crippen molar-refractivity contribution in [1.29, 1.82) is 5.26 Å². The molecular formula is C35H26Br2Cl3NO4. The van der Waals surface area contributed by atoms with Crippen molar-refractivity contribution in [3.05, 3.63) is 137 Å². The summed E-state index contributed by atoms with van der Waals surface area (Å²) in [6.45, 7) is 1.63. The number of ketones is 1. The molecule has 0 spiro atoms. The first-order valence-electron chi connectivity index (χ1n) is 14.0. The highest BCUT2D eigenvalue weighted by Crippen LogP contribution is 2.64. The van der Waals surface area contributed by atoms with Gasteiger partial charge in [-0.25, -0.2) is 0 Å². The van der Waals surface area contributed by atoms with Crippen LogP contribution in [0.4, 0.5) is 0 Å². The second-order valence-electron chi connectivity index (χ2n) is 10.9. The molecular weight excluding hydrogens is 765 g/mol. The number of carbonyl (C=O) groups excluding carboxylic acids is 2. The number of Topliss-reactive ketones (excluding diaryl/α,β-unsaturated/α-hetero) is 1. The van der Waals surface area contributed by atoms with E-state index in [0.29, 0.717) is 32.3 Å². The van der Waals surface area contributed by atoms with E-state index >= 15 is 0 Å². The van der Waals surface area contributed by atoms with Crippen molar-refractivity contribution >= 4 is 78.4 Å². The van der Waals surface area contributed by atoms with Gasteiger partial charge < -0.3 is 9.84 Å². The highest BCUT2D eigenvalue weighted by Gasteiger charge is 2.68. The fourth-order valence-corrected chi connectivity index (χ4v) is 7.72. The maximum absolute atomic E-state index is 14.8. The molecule has 0 amide bonds. The molecule has 10 heteroatoms. The quantitative estimate of drug-likeness (QED) is 0.149. The maximum atomic E-state index is 14.8. The summed E-state index contributed by atoms with van der Waals surface area (Å²) in [6, 6.07) is 27.5. The molecule has 0 bridgehead atoms. The Hall–Kier alpha value is -2.70. The molecule has 4 aromatic carbocycles. The molecule has 1 fully saturated rings. The largest absolute Gasteiger partial charge is 0.465 e. The van der Waals surface area contributed by atoms with Crippen molar-refractivity contribution in [3.63, 3.8) is 0 Å². The van der Waals surface area contributed by atoms with E-state index in [1.165, 1.54) is 6.07 Å². The van der Waals surface area contributed by atoms with Crippen LogP contribution >= 0.6 is 66.7 Å². The van der Waals surface area contributed by atoms with Crippen LogP contribution in [0.5, 0.6) is 0 Å². The van der Waals surface area contributed by atoms with E-state index in [1.54, 1.807) is 91.9 Å². The van der Waals surface area contributed by atoms with Gasteiger partial charge in [0, 0.05) is 41.4 Å². The number of nitrogens with zero attached hydrogens (tertiary/aromatic N) is 1. The summed E-state index contributed by atoms with van der Waals surface area (Å²) in [6.07, 6.45) is -0.209. The van der Waals surface area contributed by atoms with Crippen molar-refractivity contribution in [3.8, 4) is 6.07 Å². The first kappa shape index (κ1) is 33.7. The summed E-state index contributed by atoms with van der Waals surface area (Å²) in [4.78, 5) is 29.2. The summed E-state index contributed by atoms with van der Waals surface area (Å²) < 4.78 is 7.17. The number of halogens is 5. The first-order chi connectivity index (χ1) is 21.5. The van der Waals surface area contributed by atoms with E-state index in [9.17, 15) is 20.0 Å². The number of benzene rings is 4. The van der Waals surface area contributed by atoms with Gasteiger partial charge in [-0.2, -0.15) is 5.26 Å². The van der Waals surface area contributed by atoms with Crippen LogP contribution in [-0.4, -0.2) is 23.5 Å². The van der Waals surface area contributed by atoms with Crippen molar-refractivity contribution in [2.75, 3.05) is 6.61 Å². The number of esters is 1. The van der Waals surface area contributed by atoms with Gasteiger partial charge in [0.15, 0.2) is 11.2 Å². The van der Waals surface area contributed by atoms with Gasteiger partial charge in [-0.3, -0.25) is 9.59 Å². The van der Waals surface area contributed by atoms with E-state index in [0.717, 1.165) is 8.95 Å². The molecule has 0 heterocycles. The molecule has 0 saturated heterocycles. The standard InChI is InChI=1S/C35H26Br2Cl3NO4/c1-2-45-33(43)34(19-41)28(27-16-15-26(39)17-29(27)40)18-35(44,22-7-11-24(37)12-8-22)31(30(34)20-5-13-25(38)14-6-20)32(42)21-3-9-23(36)10-4-21/h3-17,28,30-31,44H,2,18H2,1H3/t28-,30+,31+,34-,35+/m1/s1. The van der Waals surface area contributed by atoms with Crippen molar-refractivity contribution < 1.29 is 19.4 Å². The third kappa shape index (κ3) is 6.22. The number of hydrogen-bond donors (Lipinski definition) is 1. The summed E-state index contributed by atoms with van der Waals surface area (Å²) in [5.41, 5.74) is -2.30. The molecule has 0 aromatic heterocycles. The van der Waals surface area contributed by atoms with Crippen molar-refractivity contribution in [2.45, 2.75) is 30.8 Å². The minimum Gasteiger partial charge on any atom is -0.465 e. The molecule has 1 saturated carbocycles. The van der Waals surface area contributed by atoms with E-state index in [2.05, 4.69) is 37.9 Å². The van der Waals surface area contributed by atoms with E-state index in [-0.39, 0.29) is 18.1 Å². The lowest BCUT2D eigenvalue weighted by Crippen LogP contribution is -2.59. The number of carbonyl (C=O) groups is 2. The Kier molecular flexibility index (Phi) is 10.2. The first-order valence-corrected chi connectivity index (χ1v) is 16.7. The molecule has 1 N–H and O–H groups in total. The molecule has 1 aliphatic rings. The lowest BCUT2D eigenvalue weighted by Gasteiger charge is -2.54. The molecule has 45 heavy (non-hydrogen) atoms. The number of rotatable bonds is 7. The number of ether oxygens (including phenoxy) is 1. The zero-order chi connectivity index (χ0) is 32.5. The Morgan fingerprint density at radius 2 is 1.49 bits per heavy atom. The van der Waals surface area contributed by atoms with Crippen LogP contribution < -0.4 is 0 Å². The van der Waals surface area contributed by atoms with Gasteiger partial charge in [-0.1, -0.05) is 109 Å². The van der Waals surface area contributed by atoms with Gasteiger partial charge in [0.2, 0.25) is 0 Å². The lowest BCUT2D eigenvalue weighted by atomic mass is 9.47. The Morgan fingerprint density at radius 1 is 0.911 bits per heavy atom. The third-order valence-electron chi connectivity index (χ3n) is 8.52. The molecule has 5 nitrogen and oxygen atoms in total. The Balaban J connectivity index is 1.91. The molecule has 5 atom stereocenters. The van der Waals surface area contributed by atoms with Crippen LogP contribution in [-0.2, 0) is 15.1 Å². The number of hydrogen-bond acceptors (Lipinski definition) is 5. The summed E-state index contributed by atoms with van der Waals surface area (Å²) in [7, 11) is 0. The Bertz CT molecular complexity index is 1780. The monoisotopic (exact) mass is 787 g/mol. The second kappa shape index (κ2) is 13.6. The number of aliphatic hydroxyl groups is 1. The minimum absolute atomic E-state index is 0.0149. The van der Waals surface area contributed by atoms with Crippen LogP contribution in [0, 0.1) is 22.7 Å². The van der Waals surface area contributed by atoms with Crippen molar-refractivity contribution in [1.82, 2.24) is 0 Å². The second-order valence-corrected chi connectivity index (χ2v) is 14.0. The van der Waals surface area contributed by atoms with E-state index in [4.69, 9.17) is 39.5 Å². The summed E-state index contributed by atoms with van der Waals surface area (Å²) in [5, 5.41) is 25.3. The highest BCUT2D eigenvalue weighted by molar-refractivity contribution is 9.10. The van der Waals surface area contributed by atoms with Crippen molar-refractivity contribution in [2.24, 2.45) is 11.3 Å². The van der Waals surface area contributed by atoms with E-state index < -0.39 is 40.5 Å². The topological polar surface area (TPSA) is 87.4 Å². The molecule has 4 aromatic rings. The van der Waals surface area contributed by atoms with Gasteiger partial charge in [0.25, 0.3) is 0 Å². The van der Waals surface area contributed by atoms with Crippen LogP contribution in [0.2, 0.25) is 15.1 Å². The average Bonchev–Trinajstić information content (AvgIpc) is 3.01. The average molecular weight is 791 g/mol. The Morgan fingerprint density at radius 3 is 2.04 bits per heavy atom. The predicted octanol–water partition coefficient (Wildman–Crippen LogP) is 9.90. The highest BCUT2D eigenvalue weighted by atomic mass is 79.9. The smallest absolute Gasteiger partial charge is 0.327 e. The van der Waals surface area contributed by atoms with Crippen LogP contribution in [0.25, 0.3) is 0 Å². The van der Waals surface area contributed by atoms with Crippen LogP contribution in [0.3, 0.4) is 0 Å². The van der Waals surface area contributed by atoms with Gasteiger partial charge in [0.1, 0.15) is 5.60 Å². The van der Waals surface area contributed by atoms with Gasteiger partial charge in [-0.05, 0) is 78.6 Å². The van der Waals surface area contributed by atoms with E-state index in [1.807, 2.05) is 0 Å². The number of nitriles is 1. The van der Waals surface area contributed by atoms with Crippen LogP contribution in [0.15, 0.2) is 99.9 Å². The minimum atomic E-state index is -2.02. The Labute approximate surface area is 293 Å². The molecule has 5 rings (SSSR count). The fraction of sp³-hybridized carbons (Fsp3) is 0.229. The summed E-state index contributed by atoms with van der Waals surface area (Å²) >= 11 is 26.2. The van der Waals surface area contributed by atoms with Crippen LogP contribution in [0.1, 0.15) is 52.2 Å². The van der Waals surface area contributed by atoms with Gasteiger partial charge >= 0.3 is 5.97 Å². The molecule has 1 aliphatic carbocycles. The zero-order valence-electron chi connectivity index (χ0n) is 23.8.